The first kappa shape index (κ1) is 18.2. The summed E-state index contributed by atoms with van der Waals surface area (Å²) in [6.07, 6.45) is 4.41. The van der Waals surface area contributed by atoms with Crippen molar-refractivity contribution in [3.05, 3.63) is 71.3 Å². The van der Waals surface area contributed by atoms with E-state index in [-0.39, 0.29) is 5.91 Å². The van der Waals surface area contributed by atoms with Crippen molar-refractivity contribution >= 4 is 5.91 Å². The number of rotatable bonds is 6. The highest BCUT2D eigenvalue weighted by atomic mass is 16.1. The van der Waals surface area contributed by atoms with Gasteiger partial charge in [-0.05, 0) is 61.9 Å². The zero-order valence-corrected chi connectivity index (χ0v) is 14.9. The molecule has 1 fully saturated rings. The first-order valence-electron chi connectivity index (χ1n) is 9.30. The molecule has 26 heavy (non-hydrogen) atoms. The monoisotopic (exact) mass is 347 g/mol. The number of piperidine rings is 1. The lowest BCUT2D eigenvalue weighted by Crippen LogP contribution is -2.41. The topological polar surface area (TPSA) is 64.9 Å². The smallest absolute Gasteiger partial charge is 0.251 e. The summed E-state index contributed by atoms with van der Waals surface area (Å²) in [5.74, 6) is 0.588. The third-order valence-electron chi connectivity index (χ3n) is 5.00. The van der Waals surface area contributed by atoms with E-state index < -0.39 is 0 Å². The van der Waals surface area contributed by atoms with E-state index in [1.54, 1.807) is 24.3 Å². The predicted octanol–water partition coefficient (Wildman–Crippen LogP) is 3.29. The van der Waals surface area contributed by atoms with Gasteiger partial charge in [-0.15, -0.1) is 0 Å². The highest BCUT2D eigenvalue weighted by molar-refractivity contribution is 5.94. The Balaban J connectivity index is 1.44. The second kappa shape index (κ2) is 9.17. The van der Waals surface area contributed by atoms with Crippen LogP contribution >= 0.6 is 0 Å². The Morgan fingerprint density at radius 1 is 1.19 bits per heavy atom. The number of hydrogen-bond acceptors (Lipinski definition) is 3. The van der Waals surface area contributed by atoms with E-state index in [4.69, 9.17) is 5.26 Å². The van der Waals surface area contributed by atoms with Crippen molar-refractivity contribution < 1.29 is 4.79 Å². The molecule has 1 saturated heterocycles. The molecule has 1 amide bonds. The number of nitrogens with zero attached hydrogens (tertiary/aromatic N) is 1. The summed E-state index contributed by atoms with van der Waals surface area (Å²) in [6.45, 7) is 1.69. The molecule has 2 aromatic rings. The van der Waals surface area contributed by atoms with E-state index in [1.165, 1.54) is 12.0 Å². The number of hydrogen-bond donors (Lipinski definition) is 2. The van der Waals surface area contributed by atoms with Crippen LogP contribution in [-0.4, -0.2) is 25.0 Å². The van der Waals surface area contributed by atoms with Crippen molar-refractivity contribution in [3.8, 4) is 6.07 Å². The fourth-order valence-corrected chi connectivity index (χ4v) is 3.64. The SMILES string of the molecule is N#Cc1cccc(C(=O)NCC[C@@H]2C[C@@H](Cc3ccccc3)CCN2)c1. The number of carbonyl (C=O) groups excluding carboxylic acids is 1. The van der Waals surface area contributed by atoms with Crippen molar-refractivity contribution in [2.24, 2.45) is 5.92 Å². The molecule has 2 N–H and O–H groups in total. The minimum absolute atomic E-state index is 0.112. The van der Waals surface area contributed by atoms with Crippen LogP contribution < -0.4 is 10.6 Å². The maximum absolute atomic E-state index is 12.2. The van der Waals surface area contributed by atoms with Crippen molar-refractivity contribution in [1.82, 2.24) is 10.6 Å². The maximum atomic E-state index is 12.2. The van der Waals surface area contributed by atoms with E-state index in [0.29, 0.717) is 29.6 Å². The first-order valence-corrected chi connectivity index (χ1v) is 9.30. The van der Waals surface area contributed by atoms with Crippen LogP contribution in [0.2, 0.25) is 0 Å². The van der Waals surface area contributed by atoms with Gasteiger partial charge in [-0.25, -0.2) is 0 Å². The molecule has 2 aromatic carbocycles. The third-order valence-corrected chi connectivity index (χ3v) is 5.00. The quantitative estimate of drug-likeness (QED) is 0.843. The molecule has 0 aliphatic carbocycles. The largest absolute Gasteiger partial charge is 0.352 e. The van der Waals surface area contributed by atoms with Gasteiger partial charge in [0.15, 0.2) is 0 Å². The van der Waals surface area contributed by atoms with Crippen LogP contribution in [0.15, 0.2) is 54.6 Å². The Kier molecular flexibility index (Phi) is 6.40. The number of nitrogens with one attached hydrogen (secondary N) is 2. The molecule has 1 aliphatic rings. The molecule has 1 aliphatic heterocycles. The molecule has 0 bridgehead atoms. The molecule has 2 atom stereocenters. The average molecular weight is 347 g/mol. The van der Waals surface area contributed by atoms with Crippen LogP contribution in [0, 0.1) is 17.2 Å². The number of amides is 1. The fourth-order valence-electron chi connectivity index (χ4n) is 3.64. The number of benzene rings is 2. The lowest BCUT2D eigenvalue weighted by molar-refractivity contribution is 0.0951. The van der Waals surface area contributed by atoms with Gasteiger partial charge in [0.2, 0.25) is 0 Å². The summed E-state index contributed by atoms with van der Waals surface area (Å²) in [6, 6.07) is 20.0. The summed E-state index contributed by atoms with van der Waals surface area (Å²) >= 11 is 0. The van der Waals surface area contributed by atoms with Crippen LogP contribution in [0.3, 0.4) is 0 Å². The molecular formula is C22H25N3O. The highest BCUT2D eigenvalue weighted by Crippen LogP contribution is 2.22. The minimum atomic E-state index is -0.112. The fraction of sp³-hybridized carbons (Fsp3) is 0.364. The molecule has 0 spiro atoms. The van der Waals surface area contributed by atoms with Gasteiger partial charge in [0.05, 0.1) is 11.6 Å². The Labute approximate surface area is 155 Å². The van der Waals surface area contributed by atoms with Gasteiger partial charge in [0.25, 0.3) is 5.91 Å². The molecule has 0 radical (unpaired) electrons. The van der Waals surface area contributed by atoms with Crippen LogP contribution in [0.25, 0.3) is 0 Å². The number of nitriles is 1. The summed E-state index contributed by atoms with van der Waals surface area (Å²) in [5.41, 5.74) is 2.46. The van der Waals surface area contributed by atoms with Crippen molar-refractivity contribution in [2.45, 2.75) is 31.7 Å². The second-order valence-corrected chi connectivity index (χ2v) is 6.97. The molecule has 1 heterocycles. The van der Waals surface area contributed by atoms with Gasteiger partial charge in [-0.2, -0.15) is 5.26 Å². The Bertz CT molecular complexity index is 766. The molecule has 4 heteroatoms. The summed E-state index contributed by atoms with van der Waals surface area (Å²) < 4.78 is 0. The Morgan fingerprint density at radius 2 is 2.04 bits per heavy atom. The Morgan fingerprint density at radius 3 is 2.85 bits per heavy atom. The zero-order chi connectivity index (χ0) is 18.2. The van der Waals surface area contributed by atoms with Gasteiger partial charge in [0, 0.05) is 18.2 Å². The van der Waals surface area contributed by atoms with Crippen LogP contribution in [0.1, 0.15) is 40.7 Å². The molecule has 0 unspecified atom stereocenters. The van der Waals surface area contributed by atoms with E-state index >= 15 is 0 Å². The summed E-state index contributed by atoms with van der Waals surface area (Å²) in [5, 5.41) is 15.5. The lowest BCUT2D eigenvalue weighted by atomic mass is 9.86. The van der Waals surface area contributed by atoms with Crippen LogP contribution in [0.5, 0.6) is 0 Å². The standard InChI is InChI=1S/C22H25N3O/c23-16-19-7-4-8-20(14-19)22(26)25-12-10-21-15-18(9-11-24-21)13-17-5-2-1-3-6-17/h1-8,14,18,21,24H,9-13,15H2,(H,25,26)/t18-,21-/m1/s1. The van der Waals surface area contributed by atoms with Crippen LogP contribution in [-0.2, 0) is 6.42 Å². The Hall–Kier alpha value is -2.64. The number of carbonyl (C=O) groups is 1. The van der Waals surface area contributed by atoms with E-state index in [9.17, 15) is 4.79 Å². The third kappa shape index (κ3) is 5.18. The maximum Gasteiger partial charge on any atom is 0.251 e. The van der Waals surface area contributed by atoms with E-state index in [2.05, 4.69) is 47.0 Å². The van der Waals surface area contributed by atoms with Gasteiger partial charge in [-0.3, -0.25) is 4.79 Å². The van der Waals surface area contributed by atoms with Crippen molar-refractivity contribution in [2.75, 3.05) is 13.1 Å². The van der Waals surface area contributed by atoms with Gasteiger partial charge < -0.3 is 10.6 Å². The van der Waals surface area contributed by atoms with E-state index in [0.717, 1.165) is 25.8 Å². The highest BCUT2D eigenvalue weighted by Gasteiger charge is 2.21. The minimum Gasteiger partial charge on any atom is -0.352 e. The van der Waals surface area contributed by atoms with Gasteiger partial charge in [-0.1, -0.05) is 36.4 Å². The molecule has 3 rings (SSSR count). The normalized spacial score (nSPS) is 19.5. The van der Waals surface area contributed by atoms with E-state index in [1.807, 2.05) is 0 Å². The van der Waals surface area contributed by atoms with Gasteiger partial charge in [0.1, 0.15) is 0 Å². The van der Waals surface area contributed by atoms with Crippen molar-refractivity contribution in [3.63, 3.8) is 0 Å². The molecule has 0 aromatic heterocycles. The first-order chi connectivity index (χ1) is 12.7. The zero-order valence-electron chi connectivity index (χ0n) is 14.9. The predicted molar refractivity (Wildman–Crippen MR) is 103 cm³/mol. The second-order valence-electron chi connectivity index (χ2n) is 6.97. The van der Waals surface area contributed by atoms with Gasteiger partial charge >= 0.3 is 0 Å². The summed E-state index contributed by atoms with van der Waals surface area (Å²) in [4.78, 5) is 12.2. The van der Waals surface area contributed by atoms with Crippen LogP contribution in [0.4, 0.5) is 0 Å². The molecular weight excluding hydrogens is 322 g/mol. The molecule has 0 saturated carbocycles. The average Bonchev–Trinajstić information content (AvgIpc) is 2.69. The van der Waals surface area contributed by atoms with Crippen molar-refractivity contribution in [1.29, 1.82) is 5.26 Å². The molecule has 4 nitrogen and oxygen atoms in total. The summed E-state index contributed by atoms with van der Waals surface area (Å²) in [7, 11) is 0. The lowest BCUT2D eigenvalue weighted by Gasteiger charge is -2.30. The molecule has 134 valence electrons.